The van der Waals surface area contributed by atoms with Crippen molar-refractivity contribution < 1.29 is 14.3 Å². The maximum Gasteiger partial charge on any atom is 0.341 e. The van der Waals surface area contributed by atoms with Gasteiger partial charge in [-0.1, -0.05) is 67.2 Å². The molecule has 0 unspecified atom stereocenters. The number of thiophene rings is 1. The molecule has 5 rings (SSSR count). The summed E-state index contributed by atoms with van der Waals surface area (Å²) in [5, 5.41) is 14.0. The molecule has 1 N–H and O–H groups in total. The molecule has 40 heavy (non-hydrogen) atoms. The number of carbonyl (C=O) groups excluding carboxylic acids is 2. The number of rotatable bonds is 10. The standard InChI is InChI=1S/C30H29N5O3S2/c1-4-20-16-23(29(37)38-6-3)28(40-20)32-26(36)18-39-30-34-33-27(35(30)5-2)22-17-25(19-12-8-7-9-13-19)31-24-15-11-10-14-21(22)24/h7-17H,4-6,18H2,1-3H3,(H,32,36). The van der Waals surface area contributed by atoms with E-state index in [0.717, 1.165) is 44.8 Å². The predicted octanol–water partition coefficient (Wildman–Crippen LogP) is 6.71. The zero-order chi connectivity index (χ0) is 28.1. The summed E-state index contributed by atoms with van der Waals surface area (Å²) in [5.74, 6) is 0.174. The number of fused-ring (bicyclic) bond motifs is 1. The number of nitrogens with zero attached hydrogens (tertiary/aromatic N) is 4. The van der Waals surface area contributed by atoms with Gasteiger partial charge in [0.05, 0.1) is 29.1 Å². The Labute approximate surface area is 240 Å². The van der Waals surface area contributed by atoms with Crippen molar-refractivity contribution in [2.45, 2.75) is 38.9 Å². The SMILES string of the molecule is CCOC(=O)c1cc(CC)sc1NC(=O)CSc1nnc(-c2cc(-c3ccccc3)nc3ccccc23)n1CC. The zero-order valence-corrected chi connectivity index (χ0v) is 24.1. The van der Waals surface area contributed by atoms with Crippen molar-refractivity contribution in [1.82, 2.24) is 19.7 Å². The van der Waals surface area contributed by atoms with E-state index >= 15 is 0 Å². The van der Waals surface area contributed by atoms with Gasteiger partial charge in [0.2, 0.25) is 5.91 Å². The van der Waals surface area contributed by atoms with Crippen LogP contribution in [-0.2, 0) is 22.5 Å². The van der Waals surface area contributed by atoms with Crippen molar-refractivity contribution in [1.29, 1.82) is 0 Å². The number of esters is 1. The highest BCUT2D eigenvalue weighted by atomic mass is 32.2. The van der Waals surface area contributed by atoms with E-state index in [1.165, 1.54) is 23.1 Å². The number of hydrogen-bond acceptors (Lipinski definition) is 8. The average molecular weight is 572 g/mol. The van der Waals surface area contributed by atoms with Crippen LogP contribution >= 0.6 is 23.1 Å². The lowest BCUT2D eigenvalue weighted by atomic mass is 10.0. The number of hydrogen-bond donors (Lipinski definition) is 1. The number of para-hydroxylation sites is 1. The third-order valence-electron chi connectivity index (χ3n) is 6.27. The van der Waals surface area contributed by atoms with Crippen LogP contribution in [0.3, 0.4) is 0 Å². The molecule has 0 bridgehead atoms. The second-order valence-corrected chi connectivity index (χ2v) is 10.9. The van der Waals surface area contributed by atoms with Crippen LogP contribution in [-0.4, -0.2) is 44.0 Å². The van der Waals surface area contributed by atoms with E-state index in [0.29, 0.717) is 22.3 Å². The number of amides is 1. The Morgan fingerprint density at radius 1 is 1.00 bits per heavy atom. The summed E-state index contributed by atoms with van der Waals surface area (Å²) in [7, 11) is 0. The highest BCUT2D eigenvalue weighted by molar-refractivity contribution is 7.99. The van der Waals surface area contributed by atoms with Crippen LogP contribution in [0.5, 0.6) is 0 Å². The molecule has 0 atom stereocenters. The molecule has 8 nitrogen and oxygen atoms in total. The summed E-state index contributed by atoms with van der Waals surface area (Å²) >= 11 is 2.70. The van der Waals surface area contributed by atoms with Gasteiger partial charge in [-0.05, 0) is 38.5 Å². The van der Waals surface area contributed by atoms with Gasteiger partial charge >= 0.3 is 5.97 Å². The van der Waals surface area contributed by atoms with Crippen molar-refractivity contribution in [2.75, 3.05) is 17.7 Å². The van der Waals surface area contributed by atoms with Crippen molar-refractivity contribution in [3.05, 3.63) is 77.2 Å². The molecule has 3 heterocycles. The van der Waals surface area contributed by atoms with Gasteiger partial charge < -0.3 is 14.6 Å². The second kappa shape index (κ2) is 12.4. The molecule has 0 saturated carbocycles. The fraction of sp³-hybridized carbons (Fsp3) is 0.233. The van der Waals surface area contributed by atoms with E-state index < -0.39 is 5.97 Å². The second-order valence-electron chi connectivity index (χ2n) is 8.86. The molecule has 0 fully saturated rings. The lowest BCUT2D eigenvalue weighted by molar-refractivity contribution is -0.113. The van der Waals surface area contributed by atoms with E-state index in [-0.39, 0.29) is 18.3 Å². The summed E-state index contributed by atoms with van der Waals surface area (Å²) in [6.07, 6.45) is 0.764. The van der Waals surface area contributed by atoms with Crippen molar-refractivity contribution in [3.63, 3.8) is 0 Å². The summed E-state index contributed by atoms with van der Waals surface area (Å²) in [5.41, 5.74) is 4.07. The quantitative estimate of drug-likeness (QED) is 0.147. The number of thioether (sulfide) groups is 1. The van der Waals surface area contributed by atoms with Crippen molar-refractivity contribution >= 4 is 50.9 Å². The number of carbonyl (C=O) groups is 2. The van der Waals surface area contributed by atoms with Gasteiger partial charge in [-0.2, -0.15) is 0 Å². The van der Waals surface area contributed by atoms with Gasteiger partial charge in [0.15, 0.2) is 11.0 Å². The highest BCUT2D eigenvalue weighted by Crippen LogP contribution is 2.33. The first-order valence-corrected chi connectivity index (χ1v) is 14.9. The van der Waals surface area contributed by atoms with Crippen LogP contribution in [0.15, 0.2) is 71.9 Å². The van der Waals surface area contributed by atoms with Crippen molar-refractivity contribution in [3.8, 4) is 22.6 Å². The first-order valence-electron chi connectivity index (χ1n) is 13.1. The molecular formula is C30H29N5O3S2. The fourth-order valence-corrected chi connectivity index (χ4v) is 6.16. The van der Waals surface area contributed by atoms with E-state index in [2.05, 4.69) is 15.5 Å². The molecule has 0 aliphatic heterocycles. The molecule has 0 spiro atoms. The van der Waals surface area contributed by atoms with Crippen LogP contribution < -0.4 is 5.32 Å². The minimum atomic E-state index is -0.434. The van der Waals surface area contributed by atoms with Gasteiger partial charge in [-0.3, -0.25) is 4.79 Å². The highest BCUT2D eigenvalue weighted by Gasteiger charge is 2.21. The van der Waals surface area contributed by atoms with Crippen LogP contribution in [0, 0.1) is 0 Å². The van der Waals surface area contributed by atoms with Crippen molar-refractivity contribution in [2.24, 2.45) is 0 Å². The number of aromatic nitrogens is 4. The average Bonchev–Trinajstić information content (AvgIpc) is 3.59. The Bertz CT molecular complexity index is 1660. The summed E-state index contributed by atoms with van der Waals surface area (Å²) in [6, 6.07) is 21.9. The first kappa shape index (κ1) is 27.5. The monoisotopic (exact) mass is 571 g/mol. The Morgan fingerprint density at radius 2 is 1.77 bits per heavy atom. The normalized spacial score (nSPS) is 11.1. The van der Waals surface area contributed by atoms with Crippen LogP contribution in [0.1, 0.15) is 36.0 Å². The minimum absolute atomic E-state index is 0.117. The molecule has 1 amide bonds. The molecule has 3 aromatic heterocycles. The van der Waals surface area contributed by atoms with Gasteiger partial charge in [0.25, 0.3) is 0 Å². The van der Waals surface area contributed by atoms with E-state index in [9.17, 15) is 9.59 Å². The summed E-state index contributed by atoms with van der Waals surface area (Å²) in [4.78, 5) is 31.2. The lowest BCUT2D eigenvalue weighted by Gasteiger charge is -2.12. The Balaban J connectivity index is 1.40. The number of ether oxygens (including phenoxy) is 1. The van der Waals surface area contributed by atoms with E-state index in [1.54, 1.807) is 13.0 Å². The van der Waals surface area contributed by atoms with Gasteiger partial charge in [-0.25, -0.2) is 9.78 Å². The smallest absolute Gasteiger partial charge is 0.341 e. The molecule has 5 aromatic rings. The molecule has 0 aliphatic carbocycles. The Kier molecular flexibility index (Phi) is 8.57. The fourth-order valence-electron chi connectivity index (χ4n) is 4.36. The molecule has 0 saturated heterocycles. The predicted molar refractivity (Wildman–Crippen MR) is 161 cm³/mol. The molecule has 204 valence electrons. The maximum absolute atomic E-state index is 12.9. The molecule has 0 aliphatic rings. The maximum atomic E-state index is 12.9. The number of aryl methyl sites for hydroxylation is 1. The molecule has 2 aromatic carbocycles. The number of nitrogens with one attached hydrogen (secondary N) is 1. The molecule has 0 radical (unpaired) electrons. The lowest BCUT2D eigenvalue weighted by Crippen LogP contribution is -2.16. The summed E-state index contributed by atoms with van der Waals surface area (Å²) < 4.78 is 7.18. The van der Waals surface area contributed by atoms with E-state index in [1.807, 2.05) is 79.1 Å². The first-order chi connectivity index (χ1) is 19.5. The van der Waals surface area contributed by atoms with Gasteiger partial charge in [0, 0.05) is 27.9 Å². The summed E-state index contributed by atoms with van der Waals surface area (Å²) in [6.45, 7) is 6.69. The Morgan fingerprint density at radius 3 is 2.52 bits per heavy atom. The third kappa shape index (κ3) is 5.78. The van der Waals surface area contributed by atoms with Crippen LogP contribution in [0.4, 0.5) is 5.00 Å². The number of benzene rings is 2. The van der Waals surface area contributed by atoms with Gasteiger partial charge in [-0.15, -0.1) is 21.5 Å². The molecular weight excluding hydrogens is 542 g/mol. The third-order valence-corrected chi connectivity index (χ3v) is 8.43. The largest absolute Gasteiger partial charge is 0.462 e. The topological polar surface area (TPSA) is 99.0 Å². The minimum Gasteiger partial charge on any atom is -0.462 e. The number of anilines is 1. The Hall–Kier alpha value is -4.02. The molecule has 10 heteroatoms. The van der Waals surface area contributed by atoms with Gasteiger partial charge in [0.1, 0.15) is 5.00 Å². The zero-order valence-electron chi connectivity index (χ0n) is 22.5. The van der Waals surface area contributed by atoms with Crippen LogP contribution in [0.25, 0.3) is 33.5 Å². The van der Waals surface area contributed by atoms with Crippen LogP contribution in [0.2, 0.25) is 0 Å². The number of pyridine rings is 1. The van der Waals surface area contributed by atoms with E-state index in [4.69, 9.17) is 9.72 Å².